The average Bonchev–Trinajstić information content (AvgIpc) is 2.21. The van der Waals surface area contributed by atoms with E-state index in [1.165, 1.54) is 0 Å². The first kappa shape index (κ1) is 11.1. The van der Waals surface area contributed by atoms with Crippen LogP contribution in [0.25, 0.3) is 6.08 Å². The van der Waals surface area contributed by atoms with Crippen LogP contribution in [0.15, 0.2) is 24.3 Å². The molecule has 0 heterocycles. The molecule has 3 heteroatoms. The fourth-order valence-corrected chi connectivity index (χ4v) is 1.30. The zero-order chi connectivity index (χ0) is 10.4. The Labute approximate surface area is 93.6 Å². The van der Waals surface area contributed by atoms with Gasteiger partial charge in [0.15, 0.2) is 0 Å². The zero-order valence-electron chi connectivity index (χ0n) is 7.50. The minimum absolute atomic E-state index is 0.488. The molecule has 0 radical (unpaired) electrons. The number of hydrogen-bond acceptors (Lipinski definition) is 1. The molecule has 14 heavy (non-hydrogen) atoms. The molecule has 0 atom stereocenters. The summed E-state index contributed by atoms with van der Waals surface area (Å²) in [6.07, 6.45) is 4.73. The summed E-state index contributed by atoms with van der Waals surface area (Å²) in [7, 11) is 0. The van der Waals surface area contributed by atoms with Gasteiger partial charge < -0.3 is 0 Å². The van der Waals surface area contributed by atoms with E-state index in [0.717, 1.165) is 12.0 Å². The fourth-order valence-electron chi connectivity index (χ4n) is 1.01. The maximum atomic E-state index is 8.73. The normalized spacial score (nSPS) is 10.4. The van der Waals surface area contributed by atoms with E-state index in [1.54, 1.807) is 12.1 Å². The van der Waals surface area contributed by atoms with Gasteiger partial charge in [-0.05, 0) is 24.1 Å². The molecular weight excluding hydrogens is 217 g/mol. The summed E-state index contributed by atoms with van der Waals surface area (Å²) < 4.78 is 0. The summed E-state index contributed by atoms with van der Waals surface area (Å²) in [6, 6.07) is 7.38. The number of allylic oxidation sites excluding steroid dienone is 1. The number of rotatable bonds is 3. The third-order valence-corrected chi connectivity index (χ3v) is 2.24. The van der Waals surface area contributed by atoms with Gasteiger partial charge in [0.05, 0.1) is 10.6 Å². The summed E-state index contributed by atoms with van der Waals surface area (Å²) in [4.78, 5) is 0. The molecule has 1 nitrogen and oxygen atoms in total. The molecule has 0 amide bonds. The summed E-state index contributed by atoms with van der Waals surface area (Å²) in [5.74, 6) is 0.606. The predicted molar refractivity (Wildman–Crippen MR) is 60.5 cm³/mol. The lowest BCUT2D eigenvalue weighted by molar-refractivity contribution is 1.24. The van der Waals surface area contributed by atoms with Crippen LogP contribution >= 0.6 is 23.2 Å². The number of hydrogen-bond donors (Lipinski definition) is 0. The van der Waals surface area contributed by atoms with Gasteiger partial charge in [0.2, 0.25) is 0 Å². The molecule has 0 saturated heterocycles. The van der Waals surface area contributed by atoms with Gasteiger partial charge in [0, 0.05) is 5.88 Å². The Bertz CT molecular complexity index is 377. The highest BCUT2D eigenvalue weighted by Crippen LogP contribution is 2.17. The number of nitriles is 1. The molecule has 1 aromatic rings. The molecule has 0 fully saturated rings. The van der Waals surface area contributed by atoms with Gasteiger partial charge in [-0.3, -0.25) is 0 Å². The van der Waals surface area contributed by atoms with Gasteiger partial charge in [0.25, 0.3) is 0 Å². The smallest absolute Gasteiger partial charge is 0.101 e. The fraction of sp³-hybridized carbons (Fsp3) is 0.182. The van der Waals surface area contributed by atoms with Crippen LogP contribution in [0.5, 0.6) is 0 Å². The second-order valence-corrected chi connectivity index (χ2v) is 3.52. The Hall–Kier alpha value is -0.970. The van der Waals surface area contributed by atoms with Crippen LogP contribution in [-0.4, -0.2) is 5.88 Å². The average molecular weight is 226 g/mol. The van der Waals surface area contributed by atoms with Crippen molar-refractivity contribution in [2.24, 2.45) is 0 Å². The van der Waals surface area contributed by atoms with E-state index in [0.29, 0.717) is 16.5 Å². The number of nitrogens with zero attached hydrogens (tertiary/aromatic N) is 1. The van der Waals surface area contributed by atoms with E-state index < -0.39 is 0 Å². The maximum Gasteiger partial charge on any atom is 0.101 e. The van der Waals surface area contributed by atoms with Gasteiger partial charge >= 0.3 is 0 Å². The largest absolute Gasteiger partial charge is 0.192 e. The van der Waals surface area contributed by atoms with Gasteiger partial charge in [-0.1, -0.05) is 29.8 Å². The molecular formula is C11H9Cl2N. The SMILES string of the molecule is N#Cc1cc(C=CCCCl)ccc1Cl. The Morgan fingerprint density at radius 1 is 1.43 bits per heavy atom. The molecule has 0 aromatic heterocycles. The van der Waals surface area contributed by atoms with Crippen molar-refractivity contribution in [2.75, 3.05) is 5.88 Å². The van der Waals surface area contributed by atoms with Crippen LogP contribution < -0.4 is 0 Å². The molecule has 0 spiro atoms. The van der Waals surface area contributed by atoms with Crippen LogP contribution in [0, 0.1) is 11.3 Å². The van der Waals surface area contributed by atoms with E-state index in [4.69, 9.17) is 28.5 Å². The van der Waals surface area contributed by atoms with E-state index in [-0.39, 0.29) is 0 Å². The molecule has 0 aliphatic carbocycles. The highest BCUT2D eigenvalue weighted by molar-refractivity contribution is 6.31. The van der Waals surface area contributed by atoms with Crippen LogP contribution in [0.1, 0.15) is 17.5 Å². The Morgan fingerprint density at radius 3 is 2.86 bits per heavy atom. The minimum atomic E-state index is 0.488. The molecule has 0 unspecified atom stereocenters. The Kier molecular flexibility index (Phi) is 4.52. The van der Waals surface area contributed by atoms with Crippen molar-refractivity contribution < 1.29 is 0 Å². The van der Waals surface area contributed by atoms with Crippen molar-refractivity contribution in [3.63, 3.8) is 0 Å². The summed E-state index contributed by atoms with van der Waals surface area (Å²) in [5.41, 5.74) is 1.47. The minimum Gasteiger partial charge on any atom is -0.192 e. The highest BCUT2D eigenvalue weighted by atomic mass is 35.5. The third kappa shape index (κ3) is 3.06. The quantitative estimate of drug-likeness (QED) is 0.718. The van der Waals surface area contributed by atoms with Crippen molar-refractivity contribution in [1.29, 1.82) is 5.26 Å². The van der Waals surface area contributed by atoms with Gasteiger partial charge in [0.1, 0.15) is 6.07 Å². The first-order valence-corrected chi connectivity index (χ1v) is 5.11. The lowest BCUT2D eigenvalue weighted by atomic mass is 10.1. The Balaban J connectivity index is 2.86. The van der Waals surface area contributed by atoms with Gasteiger partial charge in [-0.25, -0.2) is 0 Å². The van der Waals surface area contributed by atoms with Crippen LogP contribution in [0.4, 0.5) is 0 Å². The molecule has 1 aromatic carbocycles. The molecule has 0 N–H and O–H groups in total. The van der Waals surface area contributed by atoms with Crippen molar-refractivity contribution in [1.82, 2.24) is 0 Å². The number of benzene rings is 1. The summed E-state index contributed by atoms with van der Waals surface area (Å²) in [6.45, 7) is 0. The van der Waals surface area contributed by atoms with Gasteiger partial charge in [-0.2, -0.15) is 5.26 Å². The Morgan fingerprint density at radius 2 is 2.21 bits per heavy atom. The van der Waals surface area contributed by atoms with Crippen LogP contribution in [-0.2, 0) is 0 Å². The molecule has 0 bridgehead atoms. The van der Waals surface area contributed by atoms with Crippen LogP contribution in [0.3, 0.4) is 0 Å². The van der Waals surface area contributed by atoms with Crippen LogP contribution in [0.2, 0.25) is 5.02 Å². The van der Waals surface area contributed by atoms with Crippen molar-refractivity contribution >= 4 is 29.3 Å². The number of halogens is 2. The molecule has 0 aliphatic rings. The summed E-state index contributed by atoms with van der Waals surface area (Å²) >= 11 is 11.3. The van der Waals surface area contributed by atoms with Crippen molar-refractivity contribution in [2.45, 2.75) is 6.42 Å². The maximum absolute atomic E-state index is 8.73. The second-order valence-electron chi connectivity index (χ2n) is 2.73. The topological polar surface area (TPSA) is 23.8 Å². The lowest BCUT2D eigenvalue weighted by Crippen LogP contribution is -1.79. The van der Waals surface area contributed by atoms with E-state index in [2.05, 4.69) is 0 Å². The van der Waals surface area contributed by atoms with E-state index in [9.17, 15) is 0 Å². The second kappa shape index (κ2) is 5.70. The predicted octanol–water partition coefficient (Wildman–Crippen LogP) is 3.85. The zero-order valence-corrected chi connectivity index (χ0v) is 9.02. The molecule has 0 saturated carbocycles. The monoisotopic (exact) mass is 225 g/mol. The summed E-state index contributed by atoms with van der Waals surface area (Å²) in [5, 5.41) is 9.22. The number of alkyl halides is 1. The third-order valence-electron chi connectivity index (χ3n) is 1.70. The van der Waals surface area contributed by atoms with Crippen molar-refractivity contribution in [3.05, 3.63) is 40.4 Å². The van der Waals surface area contributed by atoms with E-state index in [1.807, 2.05) is 24.3 Å². The standard InChI is InChI=1S/C11H9Cl2N/c12-6-2-1-3-9-4-5-11(13)10(7-9)8-14/h1,3-5,7H,2,6H2. The first-order chi connectivity index (χ1) is 6.77. The molecule has 72 valence electrons. The molecule has 0 aliphatic heterocycles. The van der Waals surface area contributed by atoms with Crippen molar-refractivity contribution in [3.8, 4) is 6.07 Å². The van der Waals surface area contributed by atoms with E-state index >= 15 is 0 Å². The lowest BCUT2D eigenvalue weighted by Gasteiger charge is -1.96. The highest BCUT2D eigenvalue weighted by Gasteiger charge is 1.98. The van der Waals surface area contributed by atoms with Gasteiger partial charge in [-0.15, -0.1) is 11.6 Å². The first-order valence-electron chi connectivity index (χ1n) is 4.20. The molecule has 1 rings (SSSR count).